The Morgan fingerprint density at radius 3 is 1.90 bits per heavy atom. The zero-order chi connectivity index (χ0) is 16.1. The van der Waals surface area contributed by atoms with E-state index in [0.717, 1.165) is 39.3 Å². The fraction of sp³-hybridized carbons (Fsp3) is 0.938. The van der Waals surface area contributed by atoms with Gasteiger partial charge in [0, 0.05) is 32.7 Å². The van der Waals surface area contributed by atoms with Gasteiger partial charge in [0.25, 0.3) is 0 Å². The second-order valence-corrected chi connectivity index (χ2v) is 7.58. The van der Waals surface area contributed by atoms with E-state index in [-0.39, 0.29) is 23.7 Å². The fourth-order valence-corrected chi connectivity index (χ4v) is 2.07. The highest BCUT2D eigenvalue weighted by Crippen LogP contribution is 2.09. The first-order valence-electron chi connectivity index (χ1n) is 7.85. The first-order chi connectivity index (χ1) is 9.57. The Balaban J connectivity index is 2.21. The Bertz CT molecular complexity index is 323. The number of ether oxygens (including phenoxy) is 2. The van der Waals surface area contributed by atoms with E-state index in [4.69, 9.17) is 9.47 Å². The molecule has 1 heterocycles. The van der Waals surface area contributed by atoms with Crippen molar-refractivity contribution in [2.75, 3.05) is 45.9 Å². The predicted octanol–water partition coefficient (Wildman–Crippen LogP) is 1.76. The molecule has 1 rings (SSSR count). The van der Waals surface area contributed by atoms with Crippen molar-refractivity contribution in [1.82, 2.24) is 9.80 Å². The van der Waals surface area contributed by atoms with Crippen LogP contribution in [-0.2, 0) is 14.3 Å². The van der Waals surface area contributed by atoms with Crippen molar-refractivity contribution in [2.45, 2.75) is 52.7 Å². The zero-order valence-electron chi connectivity index (χ0n) is 14.6. The molecule has 1 aliphatic rings. The molecule has 0 atom stereocenters. The summed E-state index contributed by atoms with van der Waals surface area (Å²) in [5, 5.41) is 0. The Morgan fingerprint density at radius 1 is 0.905 bits per heavy atom. The third-order valence-corrected chi connectivity index (χ3v) is 3.30. The van der Waals surface area contributed by atoms with Crippen LogP contribution < -0.4 is 0 Å². The van der Waals surface area contributed by atoms with Crippen LogP contribution >= 0.6 is 0 Å². The maximum Gasteiger partial charge on any atom is 0.248 e. The standard InChI is InChI=1S/C16H32N2O3/c1-15(2,3)20-12-11-17-7-9-18(10-8-17)14(19)13-21-16(4,5)6/h7-13H2,1-6H3. The van der Waals surface area contributed by atoms with Gasteiger partial charge in [0.15, 0.2) is 0 Å². The largest absolute Gasteiger partial charge is 0.375 e. The molecule has 1 aliphatic heterocycles. The summed E-state index contributed by atoms with van der Waals surface area (Å²) >= 11 is 0. The van der Waals surface area contributed by atoms with Crippen molar-refractivity contribution in [3.8, 4) is 0 Å². The zero-order valence-corrected chi connectivity index (χ0v) is 14.6. The van der Waals surface area contributed by atoms with Gasteiger partial charge in [0.05, 0.1) is 17.8 Å². The Hall–Kier alpha value is -0.650. The lowest BCUT2D eigenvalue weighted by molar-refractivity contribution is -0.142. The molecule has 1 fully saturated rings. The molecular weight excluding hydrogens is 268 g/mol. The molecule has 124 valence electrons. The summed E-state index contributed by atoms with van der Waals surface area (Å²) in [5.41, 5.74) is -0.343. The van der Waals surface area contributed by atoms with Crippen LogP contribution in [0.15, 0.2) is 0 Å². The molecule has 0 aliphatic carbocycles. The fourth-order valence-electron chi connectivity index (χ4n) is 2.07. The molecule has 0 aromatic carbocycles. The van der Waals surface area contributed by atoms with E-state index in [0.29, 0.717) is 0 Å². The summed E-state index contributed by atoms with van der Waals surface area (Å²) in [4.78, 5) is 16.3. The lowest BCUT2D eigenvalue weighted by atomic mass is 10.2. The van der Waals surface area contributed by atoms with Crippen molar-refractivity contribution in [2.24, 2.45) is 0 Å². The molecule has 1 saturated heterocycles. The normalized spacial score (nSPS) is 18.1. The Morgan fingerprint density at radius 2 is 1.43 bits per heavy atom. The molecule has 0 bridgehead atoms. The van der Waals surface area contributed by atoms with Gasteiger partial charge in [0.1, 0.15) is 6.61 Å². The van der Waals surface area contributed by atoms with Gasteiger partial charge in [-0.25, -0.2) is 0 Å². The van der Waals surface area contributed by atoms with Crippen molar-refractivity contribution in [3.05, 3.63) is 0 Å². The van der Waals surface area contributed by atoms with Crippen LogP contribution in [0.3, 0.4) is 0 Å². The Kier molecular flexibility index (Phi) is 6.63. The maximum absolute atomic E-state index is 12.1. The molecule has 0 N–H and O–H groups in total. The van der Waals surface area contributed by atoms with Gasteiger partial charge in [-0.15, -0.1) is 0 Å². The number of amides is 1. The van der Waals surface area contributed by atoms with Gasteiger partial charge in [-0.1, -0.05) is 0 Å². The molecular formula is C16H32N2O3. The summed E-state index contributed by atoms with van der Waals surface area (Å²) in [6.07, 6.45) is 0. The van der Waals surface area contributed by atoms with Crippen LogP contribution in [0, 0.1) is 0 Å². The van der Waals surface area contributed by atoms with Gasteiger partial charge in [-0.2, -0.15) is 0 Å². The summed E-state index contributed by atoms with van der Waals surface area (Å²) in [6.45, 7) is 17.3. The quantitative estimate of drug-likeness (QED) is 0.776. The molecule has 5 heteroatoms. The smallest absolute Gasteiger partial charge is 0.248 e. The summed E-state index contributed by atoms with van der Waals surface area (Å²) < 4.78 is 11.3. The van der Waals surface area contributed by atoms with Crippen LogP contribution in [0.5, 0.6) is 0 Å². The van der Waals surface area contributed by atoms with Gasteiger partial charge in [0.2, 0.25) is 5.91 Å². The van der Waals surface area contributed by atoms with Crippen molar-refractivity contribution >= 4 is 5.91 Å². The number of hydrogen-bond acceptors (Lipinski definition) is 4. The lowest BCUT2D eigenvalue weighted by Gasteiger charge is -2.35. The molecule has 0 spiro atoms. The molecule has 0 radical (unpaired) electrons. The van der Waals surface area contributed by atoms with Crippen molar-refractivity contribution in [3.63, 3.8) is 0 Å². The molecule has 0 aromatic heterocycles. The first-order valence-corrected chi connectivity index (χ1v) is 7.85. The number of carbonyl (C=O) groups excluding carboxylic acids is 1. The highest BCUT2D eigenvalue weighted by atomic mass is 16.5. The van der Waals surface area contributed by atoms with Crippen molar-refractivity contribution < 1.29 is 14.3 Å². The van der Waals surface area contributed by atoms with Crippen LogP contribution in [0.1, 0.15) is 41.5 Å². The number of hydrogen-bond donors (Lipinski definition) is 0. The minimum Gasteiger partial charge on any atom is -0.375 e. The second kappa shape index (κ2) is 7.56. The van der Waals surface area contributed by atoms with E-state index < -0.39 is 0 Å². The van der Waals surface area contributed by atoms with Crippen LogP contribution in [-0.4, -0.2) is 72.8 Å². The maximum atomic E-state index is 12.1. The Labute approximate surface area is 129 Å². The van der Waals surface area contributed by atoms with Crippen LogP contribution in [0.2, 0.25) is 0 Å². The topological polar surface area (TPSA) is 42.0 Å². The number of carbonyl (C=O) groups is 1. The van der Waals surface area contributed by atoms with Gasteiger partial charge >= 0.3 is 0 Å². The molecule has 21 heavy (non-hydrogen) atoms. The van der Waals surface area contributed by atoms with E-state index in [1.807, 2.05) is 25.7 Å². The third-order valence-electron chi connectivity index (χ3n) is 3.30. The monoisotopic (exact) mass is 300 g/mol. The SMILES string of the molecule is CC(C)(C)OCCN1CCN(C(=O)COC(C)(C)C)CC1. The van der Waals surface area contributed by atoms with E-state index in [9.17, 15) is 4.79 Å². The summed E-state index contributed by atoms with van der Waals surface area (Å²) in [6, 6.07) is 0. The molecule has 0 aromatic rings. The average molecular weight is 300 g/mol. The van der Waals surface area contributed by atoms with E-state index in [2.05, 4.69) is 25.7 Å². The molecule has 5 nitrogen and oxygen atoms in total. The van der Waals surface area contributed by atoms with Crippen LogP contribution in [0.4, 0.5) is 0 Å². The predicted molar refractivity (Wildman–Crippen MR) is 84.4 cm³/mol. The molecule has 0 saturated carbocycles. The van der Waals surface area contributed by atoms with Crippen molar-refractivity contribution in [1.29, 1.82) is 0 Å². The highest BCUT2D eigenvalue weighted by molar-refractivity contribution is 5.77. The lowest BCUT2D eigenvalue weighted by Crippen LogP contribution is -2.50. The van der Waals surface area contributed by atoms with Gasteiger partial charge < -0.3 is 14.4 Å². The molecule has 0 unspecified atom stereocenters. The van der Waals surface area contributed by atoms with E-state index in [1.54, 1.807) is 0 Å². The second-order valence-electron chi connectivity index (χ2n) is 7.58. The minimum atomic E-state index is -0.262. The highest BCUT2D eigenvalue weighted by Gasteiger charge is 2.23. The third kappa shape index (κ3) is 8.39. The molecule has 1 amide bonds. The van der Waals surface area contributed by atoms with Gasteiger partial charge in [-0.05, 0) is 41.5 Å². The summed E-state index contributed by atoms with van der Waals surface area (Å²) in [7, 11) is 0. The number of rotatable bonds is 5. The minimum absolute atomic E-state index is 0.0813. The van der Waals surface area contributed by atoms with E-state index in [1.165, 1.54) is 0 Å². The average Bonchev–Trinajstić information content (AvgIpc) is 2.34. The summed E-state index contributed by atoms with van der Waals surface area (Å²) in [5.74, 6) is 0.0931. The van der Waals surface area contributed by atoms with Crippen LogP contribution in [0.25, 0.3) is 0 Å². The van der Waals surface area contributed by atoms with Gasteiger partial charge in [-0.3, -0.25) is 9.69 Å². The number of nitrogens with zero attached hydrogens (tertiary/aromatic N) is 2. The number of piperazine rings is 1. The first kappa shape index (κ1) is 18.4. The van der Waals surface area contributed by atoms with E-state index >= 15 is 0 Å².